The van der Waals surface area contributed by atoms with Gasteiger partial charge in [-0.25, -0.2) is 0 Å². The molecule has 0 atom stereocenters. The van der Waals surface area contributed by atoms with Crippen molar-refractivity contribution in [3.63, 3.8) is 0 Å². The summed E-state index contributed by atoms with van der Waals surface area (Å²) in [5.41, 5.74) is 0.0648. The van der Waals surface area contributed by atoms with Crippen molar-refractivity contribution >= 4 is 30.9 Å². The summed E-state index contributed by atoms with van der Waals surface area (Å²) < 4.78 is 1.17. The van der Waals surface area contributed by atoms with Crippen LogP contribution in [0.2, 0.25) is 5.82 Å². The van der Waals surface area contributed by atoms with Crippen molar-refractivity contribution in [1.82, 2.24) is 0 Å². The first kappa shape index (κ1) is 13.8. The Morgan fingerprint density at radius 3 is 1.71 bits per heavy atom. The fourth-order valence-corrected chi connectivity index (χ4v) is 3.23. The molecule has 0 aromatic carbocycles. The van der Waals surface area contributed by atoms with Gasteiger partial charge in [-0.3, -0.25) is 0 Å². The van der Waals surface area contributed by atoms with Crippen molar-refractivity contribution < 1.29 is 0 Å². The van der Waals surface area contributed by atoms with E-state index >= 15 is 0 Å². The SMILES string of the molecule is C=CCC(CC=C)(CC=C)C(=S)[Se]C. The quantitative estimate of drug-likeness (QED) is 0.368. The summed E-state index contributed by atoms with van der Waals surface area (Å²) in [4.78, 5) is 0. The molecule has 78 valence electrons. The Labute approximate surface area is 99.3 Å². The molecule has 0 N–H and O–H groups in total. The van der Waals surface area contributed by atoms with Gasteiger partial charge < -0.3 is 0 Å². The standard InChI is InChI=1S/C12H18SSe/c1-5-8-12(9-6-2,10-7-3)11(13)14-4/h5-7H,1-3,8-10H2,4H3. The van der Waals surface area contributed by atoms with Gasteiger partial charge in [0.15, 0.2) is 0 Å². The van der Waals surface area contributed by atoms with E-state index in [1.165, 1.54) is 3.76 Å². The fraction of sp³-hybridized carbons (Fsp3) is 0.417. The van der Waals surface area contributed by atoms with Crippen LogP contribution in [0.5, 0.6) is 0 Å². The molecule has 0 unspecified atom stereocenters. The van der Waals surface area contributed by atoms with E-state index in [1.807, 2.05) is 18.2 Å². The molecule has 0 nitrogen and oxygen atoms in total. The van der Waals surface area contributed by atoms with Crippen LogP contribution in [0.3, 0.4) is 0 Å². The first-order valence-corrected chi connectivity index (χ1v) is 7.55. The van der Waals surface area contributed by atoms with Crippen LogP contribution in [0.4, 0.5) is 0 Å². The van der Waals surface area contributed by atoms with Crippen LogP contribution in [0, 0.1) is 5.41 Å². The molecule has 0 aromatic heterocycles. The third-order valence-corrected chi connectivity index (χ3v) is 5.21. The van der Waals surface area contributed by atoms with Gasteiger partial charge in [-0.2, -0.15) is 0 Å². The molecule has 0 saturated heterocycles. The molecule has 0 radical (unpaired) electrons. The number of thiocarbonyl (C=S) groups is 1. The van der Waals surface area contributed by atoms with Gasteiger partial charge in [0.05, 0.1) is 0 Å². The minimum absolute atomic E-state index is 0.0648. The van der Waals surface area contributed by atoms with Gasteiger partial charge in [0, 0.05) is 0 Å². The van der Waals surface area contributed by atoms with Gasteiger partial charge in [0.25, 0.3) is 0 Å². The van der Waals surface area contributed by atoms with E-state index in [0.29, 0.717) is 15.0 Å². The van der Waals surface area contributed by atoms with Crippen molar-refractivity contribution in [2.24, 2.45) is 5.41 Å². The molecule has 0 aliphatic rings. The van der Waals surface area contributed by atoms with Crippen molar-refractivity contribution in [2.45, 2.75) is 25.1 Å². The number of hydrogen-bond donors (Lipinski definition) is 0. The molecule has 0 aliphatic heterocycles. The molecule has 0 rings (SSSR count). The van der Waals surface area contributed by atoms with Crippen LogP contribution >= 0.6 is 12.2 Å². The monoisotopic (exact) mass is 274 g/mol. The van der Waals surface area contributed by atoms with Crippen molar-refractivity contribution in [2.75, 3.05) is 0 Å². The van der Waals surface area contributed by atoms with E-state index in [-0.39, 0.29) is 5.41 Å². The van der Waals surface area contributed by atoms with Crippen LogP contribution < -0.4 is 0 Å². The zero-order valence-electron chi connectivity index (χ0n) is 8.79. The average Bonchev–Trinajstić information content (AvgIpc) is 2.17. The Morgan fingerprint density at radius 1 is 1.14 bits per heavy atom. The second kappa shape index (κ2) is 7.16. The summed E-state index contributed by atoms with van der Waals surface area (Å²) in [7, 11) is 0. The third-order valence-electron chi connectivity index (χ3n) is 2.22. The Bertz CT molecular complexity index is 204. The predicted octanol–water partition coefficient (Wildman–Crippen LogP) is 3.78. The summed E-state index contributed by atoms with van der Waals surface area (Å²) in [6.45, 7) is 11.4. The van der Waals surface area contributed by atoms with Gasteiger partial charge in [-0.15, -0.1) is 0 Å². The van der Waals surface area contributed by atoms with Crippen LogP contribution in [-0.4, -0.2) is 18.7 Å². The maximum absolute atomic E-state index is 5.47. The number of hydrogen-bond acceptors (Lipinski definition) is 1. The Morgan fingerprint density at radius 2 is 1.50 bits per heavy atom. The van der Waals surface area contributed by atoms with E-state index in [0.717, 1.165) is 19.3 Å². The second-order valence-electron chi connectivity index (χ2n) is 3.25. The summed E-state index contributed by atoms with van der Waals surface area (Å²) in [5, 5.41) is 0. The van der Waals surface area contributed by atoms with E-state index < -0.39 is 0 Å². The van der Waals surface area contributed by atoms with Crippen LogP contribution in [0.1, 0.15) is 19.3 Å². The molecular weight excluding hydrogens is 255 g/mol. The van der Waals surface area contributed by atoms with Crippen molar-refractivity contribution in [1.29, 1.82) is 0 Å². The Balaban J connectivity index is 4.88. The zero-order valence-corrected chi connectivity index (χ0v) is 11.3. The normalized spacial score (nSPS) is 10.6. The first-order chi connectivity index (χ1) is 6.66. The molecule has 14 heavy (non-hydrogen) atoms. The van der Waals surface area contributed by atoms with Gasteiger partial charge in [-0.05, 0) is 0 Å². The first-order valence-electron chi connectivity index (χ1n) is 4.58. The summed E-state index contributed by atoms with van der Waals surface area (Å²) in [6.07, 6.45) is 8.64. The average molecular weight is 273 g/mol. The Hall–Kier alpha value is -0.171. The topological polar surface area (TPSA) is 0 Å². The van der Waals surface area contributed by atoms with Gasteiger partial charge in [0.2, 0.25) is 0 Å². The van der Waals surface area contributed by atoms with E-state index in [2.05, 4.69) is 25.6 Å². The molecule has 2 heteroatoms. The molecule has 0 spiro atoms. The summed E-state index contributed by atoms with van der Waals surface area (Å²) in [6, 6.07) is 0. The Kier molecular flexibility index (Phi) is 7.08. The fourth-order valence-electron chi connectivity index (χ4n) is 1.55. The third kappa shape index (κ3) is 3.53. The van der Waals surface area contributed by atoms with E-state index in [9.17, 15) is 0 Å². The minimum atomic E-state index is 0.0648. The van der Waals surface area contributed by atoms with E-state index in [1.54, 1.807) is 0 Å². The predicted molar refractivity (Wildman–Crippen MR) is 71.1 cm³/mol. The molecule has 0 heterocycles. The molecular formula is C12H18SSe. The zero-order chi connectivity index (χ0) is 11.0. The number of rotatable bonds is 8. The van der Waals surface area contributed by atoms with Crippen LogP contribution in [0.25, 0.3) is 0 Å². The molecule has 0 fully saturated rings. The molecule has 0 aliphatic carbocycles. The van der Waals surface area contributed by atoms with Crippen LogP contribution in [-0.2, 0) is 0 Å². The molecule has 0 bridgehead atoms. The second-order valence-corrected chi connectivity index (χ2v) is 5.95. The molecule has 0 amide bonds. The summed E-state index contributed by atoms with van der Waals surface area (Å²) >= 11 is 5.88. The van der Waals surface area contributed by atoms with Gasteiger partial charge >= 0.3 is 99.4 Å². The van der Waals surface area contributed by atoms with E-state index in [4.69, 9.17) is 12.2 Å². The van der Waals surface area contributed by atoms with Crippen molar-refractivity contribution in [3.05, 3.63) is 38.0 Å². The van der Waals surface area contributed by atoms with Crippen LogP contribution in [0.15, 0.2) is 38.0 Å². The van der Waals surface area contributed by atoms with Crippen molar-refractivity contribution in [3.8, 4) is 0 Å². The summed E-state index contributed by atoms with van der Waals surface area (Å²) in [5.74, 6) is 2.17. The maximum atomic E-state index is 5.47. The number of allylic oxidation sites excluding steroid dienone is 3. The van der Waals surface area contributed by atoms with Gasteiger partial charge in [0.1, 0.15) is 0 Å². The molecule has 0 aromatic rings. The van der Waals surface area contributed by atoms with Gasteiger partial charge in [-0.1, -0.05) is 0 Å². The molecule has 0 saturated carbocycles.